The lowest BCUT2D eigenvalue weighted by Crippen LogP contribution is -2.56. The van der Waals surface area contributed by atoms with Crippen molar-refractivity contribution in [2.45, 2.75) is 69.6 Å². The molecule has 11 nitrogen and oxygen atoms in total. The summed E-state index contributed by atoms with van der Waals surface area (Å²) in [5.74, 6) is -3.79. The Morgan fingerprint density at radius 1 is 1.03 bits per heavy atom. The fourth-order valence-corrected chi connectivity index (χ4v) is 3.84. The second kappa shape index (κ2) is 9.68. The molecular formula is C18H28N4O7. The van der Waals surface area contributed by atoms with Crippen molar-refractivity contribution in [3.05, 3.63) is 0 Å². The van der Waals surface area contributed by atoms with Crippen LogP contribution in [0.25, 0.3) is 0 Å². The summed E-state index contributed by atoms with van der Waals surface area (Å²) in [7, 11) is 0. The molecule has 2 fully saturated rings. The Morgan fingerprint density at radius 2 is 1.62 bits per heavy atom. The van der Waals surface area contributed by atoms with E-state index in [4.69, 9.17) is 10.8 Å². The molecule has 29 heavy (non-hydrogen) atoms. The molecule has 0 radical (unpaired) electrons. The fourth-order valence-electron chi connectivity index (χ4n) is 3.84. The summed E-state index contributed by atoms with van der Waals surface area (Å²) in [6.07, 6.45) is 1.44. The van der Waals surface area contributed by atoms with Gasteiger partial charge in [0, 0.05) is 19.5 Å². The molecule has 5 N–H and O–H groups in total. The van der Waals surface area contributed by atoms with Crippen LogP contribution in [0.3, 0.4) is 0 Å². The molecule has 0 aromatic carbocycles. The summed E-state index contributed by atoms with van der Waals surface area (Å²) in [4.78, 5) is 62.8. The molecule has 4 atom stereocenters. The van der Waals surface area contributed by atoms with Crippen LogP contribution in [-0.2, 0) is 24.0 Å². The first-order valence-corrected chi connectivity index (χ1v) is 9.75. The zero-order valence-corrected chi connectivity index (χ0v) is 16.4. The first kappa shape index (κ1) is 22.6. The quantitative estimate of drug-likeness (QED) is 0.383. The van der Waals surface area contributed by atoms with Gasteiger partial charge in [0.15, 0.2) is 0 Å². The van der Waals surface area contributed by atoms with Gasteiger partial charge in [0.25, 0.3) is 0 Å². The Balaban J connectivity index is 2.07. The predicted octanol–water partition coefficient (Wildman–Crippen LogP) is -1.25. The second-order valence-corrected chi connectivity index (χ2v) is 7.50. The normalized spacial score (nSPS) is 23.5. The summed E-state index contributed by atoms with van der Waals surface area (Å²) >= 11 is 0. The number of carbonyl (C=O) groups excluding carboxylic acids is 3. The standard InChI is InChI=1S/C18H28N4O7/c1-10(19)16(26)22-9-3-5-13(22)17(27)21-8-2-4-12(21)15(25)20-11(18(28)29)6-7-14(23)24/h10-13H,2-9,19H2,1H3,(H,20,25)(H,23,24)(H,28,29)/t10-,11-,12-,13-/m0/s1. The SMILES string of the molecule is C[C@H](N)C(=O)N1CCC[C@H]1C(=O)N1CCC[C@H]1C(=O)N[C@@H](CCC(=O)O)C(=O)O. The van der Waals surface area contributed by atoms with Gasteiger partial charge in [-0.2, -0.15) is 0 Å². The molecule has 2 rings (SSSR count). The molecule has 3 amide bonds. The molecule has 0 unspecified atom stereocenters. The third-order valence-electron chi connectivity index (χ3n) is 5.31. The van der Waals surface area contributed by atoms with Gasteiger partial charge in [-0.15, -0.1) is 0 Å². The van der Waals surface area contributed by atoms with Crippen molar-refractivity contribution in [1.82, 2.24) is 15.1 Å². The molecular weight excluding hydrogens is 384 g/mol. The van der Waals surface area contributed by atoms with Crippen LogP contribution in [0.2, 0.25) is 0 Å². The highest BCUT2D eigenvalue weighted by Crippen LogP contribution is 2.25. The van der Waals surface area contributed by atoms with Crippen LogP contribution in [0.15, 0.2) is 0 Å². The summed E-state index contributed by atoms with van der Waals surface area (Å²) in [5, 5.41) is 20.3. The lowest BCUT2D eigenvalue weighted by molar-refractivity contribution is -0.148. The number of amides is 3. The monoisotopic (exact) mass is 412 g/mol. The van der Waals surface area contributed by atoms with E-state index in [9.17, 15) is 29.1 Å². The molecule has 0 saturated carbocycles. The number of nitrogens with one attached hydrogen (secondary N) is 1. The average Bonchev–Trinajstić information content (AvgIpc) is 3.32. The summed E-state index contributed by atoms with van der Waals surface area (Å²) < 4.78 is 0. The zero-order valence-electron chi connectivity index (χ0n) is 16.4. The third kappa shape index (κ3) is 5.43. The van der Waals surface area contributed by atoms with Crippen LogP contribution in [0.4, 0.5) is 0 Å². The topological polar surface area (TPSA) is 170 Å². The van der Waals surface area contributed by atoms with Crippen molar-refractivity contribution < 1.29 is 34.2 Å². The number of carbonyl (C=O) groups is 5. The van der Waals surface area contributed by atoms with E-state index in [1.54, 1.807) is 6.92 Å². The Hall–Kier alpha value is -2.69. The number of hydrogen-bond donors (Lipinski definition) is 4. The van der Waals surface area contributed by atoms with Gasteiger partial charge in [-0.05, 0) is 39.0 Å². The van der Waals surface area contributed by atoms with Crippen molar-refractivity contribution in [2.75, 3.05) is 13.1 Å². The largest absolute Gasteiger partial charge is 0.481 e. The van der Waals surface area contributed by atoms with Gasteiger partial charge >= 0.3 is 11.9 Å². The molecule has 2 heterocycles. The third-order valence-corrected chi connectivity index (χ3v) is 5.31. The van der Waals surface area contributed by atoms with Crippen LogP contribution < -0.4 is 11.1 Å². The molecule has 2 aliphatic heterocycles. The van der Waals surface area contributed by atoms with Crippen molar-refractivity contribution in [2.24, 2.45) is 5.73 Å². The maximum absolute atomic E-state index is 13.1. The Kier molecular flexibility index (Phi) is 7.54. The summed E-state index contributed by atoms with van der Waals surface area (Å²) in [6, 6.07) is -3.60. The zero-order chi connectivity index (χ0) is 21.7. The van der Waals surface area contributed by atoms with E-state index in [1.165, 1.54) is 9.80 Å². The van der Waals surface area contributed by atoms with Crippen LogP contribution in [0, 0.1) is 0 Å². The lowest BCUT2D eigenvalue weighted by Gasteiger charge is -2.32. The second-order valence-electron chi connectivity index (χ2n) is 7.50. The van der Waals surface area contributed by atoms with Gasteiger partial charge in [0.1, 0.15) is 18.1 Å². The molecule has 0 bridgehead atoms. The van der Waals surface area contributed by atoms with E-state index in [0.717, 1.165) is 0 Å². The minimum Gasteiger partial charge on any atom is -0.481 e. The predicted molar refractivity (Wildman–Crippen MR) is 99.6 cm³/mol. The van der Waals surface area contributed by atoms with Gasteiger partial charge in [-0.25, -0.2) is 4.79 Å². The van der Waals surface area contributed by atoms with Crippen LogP contribution in [0.1, 0.15) is 45.4 Å². The molecule has 0 aromatic rings. The van der Waals surface area contributed by atoms with Crippen molar-refractivity contribution in [1.29, 1.82) is 0 Å². The molecule has 2 saturated heterocycles. The molecule has 162 valence electrons. The maximum Gasteiger partial charge on any atom is 0.326 e. The number of hydrogen-bond acceptors (Lipinski definition) is 6. The highest BCUT2D eigenvalue weighted by atomic mass is 16.4. The van der Waals surface area contributed by atoms with Gasteiger partial charge in [0.2, 0.25) is 17.7 Å². The highest BCUT2D eigenvalue weighted by Gasteiger charge is 2.43. The van der Waals surface area contributed by atoms with E-state index >= 15 is 0 Å². The number of nitrogens with zero attached hydrogens (tertiary/aromatic N) is 2. The fraction of sp³-hybridized carbons (Fsp3) is 0.722. The first-order chi connectivity index (χ1) is 13.6. The Labute approximate surface area is 168 Å². The first-order valence-electron chi connectivity index (χ1n) is 9.75. The number of carboxylic acid groups (broad SMARTS) is 2. The van der Waals surface area contributed by atoms with Gasteiger partial charge < -0.3 is 31.1 Å². The van der Waals surface area contributed by atoms with Crippen LogP contribution in [-0.4, -0.2) is 86.9 Å². The number of carboxylic acids is 2. The molecule has 11 heteroatoms. The van der Waals surface area contributed by atoms with Crippen LogP contribution >= 0.6 is 0 Å². The van der Waals surface area contributed by atoms with Gasteiger partial charge in [-0.3, -0.25) is 19.2 Å². The van der Waals surface area contributed by atoms with E-state index in [2.05, 4.69) is 5.32 Å². The van der Waals surface area contributed by atoms with Crippen LogP contribution in [0.5, 0.6) is 0 Å². The van der Waals surface area contributed by atoms with E-state index in [1.807, 2.05) is 0 Å². The average molecular weight is 412 g/mol. The maximum atomic E-state index is 13.1. The number of aliphatic carboxylic acids is 2. The minimum atomic E-state index is -1.35. The lowest BCUT2D eigenvalue weighted by atomic mass is 10.1. The molecule has 0 aliphatic carbocycles. The summed E-state index contributed by atoms with van der Waals surface area (Å²) in [6.45, 7) is 2.32. The number of likely N-dealkylation sites (tertiary alicyclic amines) is 2. The van der Waals surface area contributed by atoms with E-state index in [-0.39, 0.29) is 18.2 Å². The van der Waals surface area contributed by atoms with Crippen molar-refractivity contribution in [3.8, 4) is 0 Å². The highest BCUT2D eigenvalue weighted by molar-refractivity contribution is 5.94. The molecule has 0 aromatic heterocycles. The smallest absolute Gasteiger partial charge is 0.326 e. The summed E-state index contributed by atoms with van der Waals surface area (Å²) in [5.41, 5.74) is 5.66. The Morgan fingerprint density at radius 3 is 2.17 bits per heavy atom. The Bertz CT molecular complexity index is 681. The van der Waals surface area contributed by atoms with E-state index in [0.29, 0.717) is 38.8 Å². The number of rotatable bonds is 8. The van der Waals surface area contributed by atoms with E-state index < -0.39 is 48.4 Å². The molecule has 2 aliphatic rings. The van der Waals surface area contributed by atoms with Crippen molar-refractivity contribution in [3.63, 3.8) is 0 Å². The van der Waals surface area contributed by atoms with Gasteiger partial charge in [-0.1, -0.05) is 0 Å². The van der Waals surface area contributed by atoms with Gasteiger partial charge in [0.05, 0.1) is 6.04 Å². The minimum absolute atomic E-state index is 0.254. The molecule has 0 spiro atoms. The number of nitrogens with two attached hydrogens (primary N) is 1. The van der Waals surface area contributed by atoms with Crippen molar-refractivity contribution >= 4 is 29.7 Å².